The average molecular weight is 339 g/mol. The zero-order valence-electron chi connectivity index (χ0n) is 12.7. The molecule has 6 nitrogen and oxygen atoms in total. The van der Waals surface area contributed by atoms with Gasteiger partial charge in [-0.15, -0.1) is 0 Å². The number of aliphatic imine (C=N–C) groups is 1. The summed E-state index contributed by atoms with van der Waals surface area (Å²) in [6.07, 6.45) is 5.02. The molecule has 0 bridgehead atoms. The van der Waals surface area contributed by atoms with E-state index in [1.807, 2.05) is 0 Å². The van der Waals surface area contributed by atoms with Crippen molar-refractivity contribution < 1.29 is 14.3 Å². The van der Waals surface area contributed by atoms with Crippen LogP contribution in [0, 0.1) is 0 Å². The van der Waals surface area contributed by atoms with E-state index < -0.39 is 5.97 Å². The molecule has 1 aliphatic heterocycles. The number of nitrogens with zero attached hydrogens (tertiary/aromatic N) is 2. The summed E-state index contributed by atoms with van der Waals surface area (Å²) in [5, 5.41) is 3.22. The number of aromatic nitrogens is 1. The molecule has 0 radical (unpaired) electrons. The Hall–Kier alpha value is -2.93. The number of amidine groups is 1. The molecule has 0 atom stereocenters. The Morgan fingerprint density at radius 1 is 1.29 bits per heavy atom. The highest BCUT2D eigenvalue weighted by molar-refractivity contribution is 8.18. The first-order valence-electron chi connectivity index (χ1n) is 7.04. The number of pyridine rings is 1. The summed E-state index contributed by atoms with van der Waals surface area (Å²) in [5.74, 6) is -0.604. The van der Waals surface area contributed by atoms with Crippen molar-refractivity contribution in [1.29, 1.82) is 0 Å². The predicted molar refractivity (Wildman–Crippen MR) is 92.8 cm³/mol. The van der Waals surface area contributed by atoms with Crippen molar-refractivity contribution in [3.05, 3.63) is 64.8 Å². The first-order chi connectivity index (χ1) is 11.7. The first-order valence-corrected chi connectivity index (χ1v) is 7.85. The molecule has 0 saturated carbocycles. The standard InChI is InChI=1S/C17H13N3O3S/c1-23-16(22)12-6-4-11(5-7-12)9-14-15(21)20-17(24-14)19-13-3-2-8-18-10-13/h2-10H,1H3,(H,19,20,21)/b14-9+. The summed E-state index contributed by atoms with van der Waals surface area (Å²) < 4.78 is 4.65. The second-order valence-electron chi connectivity index (χ2n) is 4.81. The number of ether oxygens (including phenoxy) is 1. The van der Waals surface area contributed by atoms with Gasteiger partial charge in [0.2, 0.25) is 0 Å². The first kappa shape index (κ1) is 15.9. The van der Waals surface area contributed by atoms with Crippen LogP contribution >= 0.6 is 11.8 Å². The largest absolute Gasteiger partial charge is 0.465 e. The van der Waals surface area contributed by atoms with Crippen molar-refractivity contribution in [2.45, 2.75) is 0 Å². The number of benzene rings is 1. The fraction of sp³-hybridized carbons (Fsp3) is 0.0588. The van der Waals surface area contributed by atoms with E-state index in [2.05, 4.69) is 20.0 Å². The Labute approximate surface area is 142 Å². The number of carbonyl (C=O) groups is 2. The van der Waals surface area contributed by atoms with E-state index in [1.165, 1.54) is 18.9 Å². The molecule has 2 aromatic rings. The second kappa shape index (κ2) is 7.10. The van der Waals surface area contributed by atoms with Crippen LogP contribution in [0.1, 0.15) is 15.9 Å². The second-order valence-corrected chi connectivity index (χ2v) is 5.84. The minimum atomic E-state index is -0.395. The molecule has 3 rings (SSSR count). The Balaban J connectivity index is 1.77. The molecule has 1 saturated heterocycles. The number of hydrogen-bond donors (Lipinski definition) is 1. The number of nitrogens with one attached hydrogen (secondary N) is 1. The number of thioether (sulfide) groups is 1. The third kappa shape index (κ3) is 3.69. The number of hydrogen-bond acceptors (Lipinski definition) is 6. The number of methoxy groups -OCH3 is 1. The Morgan fingerprint density at radius 3 is 2.75 bits per heavy atom. The van der Waals surface area contributed by atoms with Gasteiger partial charge in [-0.1, -0.05) is 12.1 Å². The molecule has 1 amide bonds. The molecule has 2 heterocycles. The van der Waals surface area contributed by atoms with Gasteiger partial charge in [-0.3, -0.25) is 9.78 Å². The Bertz CT molecular complexity index is 830. The molecule has 1 aromatic heterocycles. The smallest absolute Gasteiger partial charge is 0.337 e. The van der Waals surface area contributed by atoms with Gasteiger partial charge < -0.3 is 10.1 Å². The quantitative estimate of drug-likeness (QED) is 0.687. The fourth-order valence-corrected chi connectivity index (χ4v) is 2.84. The third-order valence-electron chi connectivity index (χ3n) is 3.16. The maximum absolute atomic E-state index is 12.0. The molecule has 1 N–H and O–H groups in total. The molecule has 24 heavy (non-hydrogen) atoms. The summed E-state index contributed by atoms with van der Waals surface area (Å²) in [6, 6.07) is 10.4. The van der Waals surface area contributed by atoms with Crippen molar-refractivity contribution in [3.63, 3.8) is 0 Å². The van der Waals surface area contributed by atoms with Crippen LogP contribution in [0.25, 0.3) is 6.08 Å². The van der Waals surface area contributed by atoms with Gasteiger partial charge in [0.15, 0.2) is 5.17 Å². The van der Waals surface area contributed by atoms with E-state index in [0.717, 1.165) is 5.56 Å². The van der Waals surface area contributed by atoms with Crippen molar-refractivity contribution in [2.24, 2.45) is 4.99 Å². The van der Waals surface area contributed by atoms with Crippen LogP contribution < -0.4 is 5.32 Å². The normalized spacial score (nSPS) is 17.1. The number of rotatable bonds is 3. The fourth-order valence-electron chi connectivity index (χ4n) is 2.00. The minimum Gasteiger partial charge on any atom is -0.465 e. The van der Waals surface area contributed by atoms with Gasteiger partial charge in [0, 0.05) is 6.20 Å². The summed E-state index contributed by atoms with van der Waals surface area (Å²) in [6.45, 7) is 0. The van der Waals surface area contributed by atoms with Crippen LogP contribution in [-0.4, -0.2) is 29.1 Å². The third-order valence-corrected chi connectivity index (χ3v) is 4.07. The Morgan fingerprint density at radius 2 is 2.08 bits per heavy atom. The van der Waals surface area contributed by atoms with Crippen molar-refractivity contribution >= 4 is 40.6 Å². The maximum Gasteiger partial charge on any atom is 0.337 e. The van der Waals surface area contributed by atoms with Gasteiger partial charge >= 0.3 is 5.97 Å². The van der Waals surface area contributed by atoms with E-state index in [-0.39, 0.29) is 5.91 Å². The lowest BCUT2D eigenvalue weighted by Crippen LogP contribution is -2.19. The topological polar surface area (TPSA) is 80.7 Å². The van der Waals surface area contributed by atoms with Crippen LogP contribution in [0.15, 0.2) is 58.7 Å². The van der Waals surface area contributed by atoms with Gasteiger partial charge in [0.1, 0.15) is 0 Å². The van der Waals surface area contributed by atoms with Gasteiger partial charge in [-0.05, 0) is 47.7 Å². The average Bonchev–Trinajstić information content (AvgIpc) is 2.95. The molecule has 7 heteroatoms. The van der Waals surface area contributed by atoms with Crippen molar-refractivity contribution in [2.75, 3.05) is 7.11 Å². The molecule has 1 fully saturated rings. The number of carbonyl (C=O) groups excluding carboxylic acids is 2. The van der Waals surface area contributed by atoms with E-state index in [1.54, 1.807) is 54.9 Å². The van der Waals surface area contributed by atoms with Gasteiger partial charge in [0.25, 0.3) is 5.91 Å². The SMILES string of the molecule is COC(=O)c1ccc(/C=C2/SC(=Nc3cccnc3)NC2=O)cc1. The van der Waals surface area contributed by atoms with Crippen LogP contribution in [0.5, 0.6) is 0 Å². The van der Waals surface area contributed by atoms with Crippen LogP contribution in [-0.2, 0) is 9.53 Å². The molecule has 0 aliphatic carbocycles. The zero-order chi connectivity index (χ0) is 16.9. The molecule has 1 aromatic carbocycles. The lowest BCUT2D eigenvalue weighted by atomic mass is 10.1. The van der Waals surface area contributed by atoms with Crippen LogP contribution in [0.2, 0.25) is 0 Å². The van der Waals surface area contributed by atoms with Crippen LogP contribution in [0.4, 0.5) is 5.69 Å². The lowest BCUT2D eigenvalue weighted by molar-refractivity contribution is -0.115. The monoisotopic (exact) mass is 339 g/mol. The summed E-state index contributed by atoms with van der Waals surface area (Å²) in [5.41, 5.74) is 1.94. The lowest BCUT2D eigenvalue weighted by Gasteiger charge is -1.99. The highest BCUT2D eigenvalue weighted by Gasteiger charge is 2.23. The van der Waals surface area contributed by atoms with Gasteiger partial charge in [-0.2, -0.15) is 0 Å². The van der Waals surface area contributed by atoms with E-state index in [4.69, 9.17) is 0 Å². The van der Waals surface area contributed by atoms with Crippen molar-refractivity contribution in [3.8, 4) is 0 Å². The Kier molecular flexibility index (Phi) is 4.72. The molecular weight excluding hydrogens is 326 g/mol. The van der Waals surface area contributed by atoms with E-state index >= 15 is 0 Å². The summed E-state index contributed by atoms with van der Waals surface area (Å²) in [7, 11) is 1.33. The predicted octanol–water partition coefficient (Wildman–Crippen LogP) is 2.76. The molecule has 0 spiro atoms. The maximum atomic E-state index is 12.0. The molecule has 1 aliphatic rings. The zero-order valence-corrected chi connectivity index (χ0v) is 13.5. The van der Waals surface area contributed by atoms with Gasteiger partial charge in [-0.25, -0.2) is 9.79 Å². The number of amides is 1. The molecule has 0 unspecified atom stereocenters. The van der Waals surface area contributed by atoms with Gasteiger partial charge in [0.05, 0.1) is 29.5 Å². The molecule has 120 valence electrons. The van der Waals surface area contributed by atoms with E-state index in [0.29, 0.717) is 21.3 Å². The highest BCUT2D eigenvalue weighted by atomic mass is 32.2. The van der Waals surface area contributed by atoms with Crippen molar-refractivity contribution in [1.82, 2.24) is 10.3 Å². The summed E-state index contributed by atoms with van der Waals surface area (Å²) in [4.78, 5) is 32.3. The number of esters is 1. The molecular formula is C17H13N3O3S. The van der Waals surface area contributed by atoms with Crippen LogP contribution in [0.3, 0.4) is 0 Å². The highest BCUT2D eigenvalue weighted by Crippen LogP contribution is 2.27. The minimum absolute atomic E-state index is 0.209. The summed E-state index contributed by atoms with van der Waals surface area (Å²) >= 11 is 1.25. The van der Waals surface area contributed by atoms with E-state index in [9.17, 15) is 9.59 Å².